The van der Waals surface area contributed by atoms with Crippen LogP contribution in [0.1, 0.15) is 37.1 Å². The van der Waals surface area contributed by atoms with Gasteiger partial charge in [0.05, 0.1) is 15.9 Å². The molecular weight excluding hydrogens is 310 g/mol. The van der Waals surface area contributed by atoms with E-state index < -0.39 is 0 Å². The average Bonchev–Trinajstić information content (AvgIpc) is 3.07. The van der Waals surface area contributed by atoms with Gasteiger partial charge in [-0.1, -0.05) is 0 Å². The average molecular weight is 328 g/mol. The van der Waals surface area contributed by atoms with Crippen LogP contribution in [-0.2, 0) is 0 Å². The van der Waals surface area contributed by atoms with Crippen LogP contribution >= 0.6 is 27.3 Å². The van der Waals surface area contributed by atoms with Crippen LogP contribution in [0.25, 0.3) is 0 Å². The SMILES string of the molecule is CC(N)C(c1ccc(Br)s1)N(CCC#N)C1CC1. The second-order valence-electron chi connectivity index (χ2n) is 4.82. The van der Waals surface area contributed by atoms with Gasteiger partial charge in [0.15, 0.2) is 0 Å². The fourth-order valence-corrected chi connectivity index (χ4v) is 4.01. The highest BCUT2D eigenvalue weighted by Gasteiger charge is 2.36. The van der Waals surface area contributed by atoms with Crippen molar-refractivity contribution in [2.24, 2.45) is 5.73 Å². The van der Waals surface area contributed by atoms with Crippen LogP contribution in [0.3, 0.4) is 0 Å². The molecule has 1 heterocycles. The summed E-state index contributed by atoms with van der Waals surface area (Å²) >= 11 is 5.25. The van der Waals surface area contributed by atoms with Crippen molar-refractivity contribution in [3.63, 3.8) is 0 Å². The van der Waals surface area contributed by atoms with Gasteiger partial charge in [0.1, 0.15) is 0 Å². The molecule has 2 rings (SSSR count). The summed E-state index contributed by atoms with van der Waals surface area (Å²) in [5.41, 5.74) is 6.18. The predicted octanol–water partition coefficient (Wildman–Crippen LogP) is 3.28. The third-order valence-corrected chi connectivity index (χ3v) is 4.93. The number of nitrogens with two attached hydrogens (primary N) is 1. The molecule has 1 aliphatic rings. The molecule has 0 amide bonds. The minimum atomic E-state index is 0.0786. The van der Waals surface area contributed by atoms with Crippen LogP contribution in [0.5, 0.6) is 0 Å². The molecule has 0 bridgehead atoms. The second kappa shape index (κ2) is 6.16. The zero-order valence-corrected chi connectivity index (χ0v) is 12.9. The minimum absolute atomic E-state index is 0.0786. The largest absolute Gasteiger partial charge is 0.326 e. The van der Waals surface area contributed by atoms with Gasteiger partial charge < -0.3 is 5.73 Å². The summed E-state index contributed by atoms with van der Waals surface area (Å²) in [6, 6.07) is 7.40. The van der Waals surface area contributed by atoms with Crippen LogP contribution in [0.2, 0.25) is 0 Å². The first-order valence-corrected chi connectivity index (χ1v) is 7.88. The van der Waals surface area contributed by atoms with Gasteiger partial charge in [-0.05, 0) is 47.8 Å². The van der Waals surface area contributed by atoms with Gasteiger partial charge in [-0.25, -0.2) is 0 Å². The minimum Gasteiger partial charge on any atom is -0.326 e. The number of hydrogen-bond donors (Lipinski definition) is 1. The molecule has 2 N–H and O–H groups in total. The summed E-state index contributed by atoms with van der Waals surface area (Å²) in [6.45, 7) is 2.88. The fraction of sp³-hybridized carbons (Fsp3) is 0.615. The first-order chi connectivity index (χ1) is 8.63. The molecule has 0 aromatic carbocycles. The normalized spacial score (nSPS) is 18.6. The van der Waals surface area contributed by atoms with Crippen molar-refractivity contribution >= 4 is 27.3 Å². The molecule has 1 fully saturated rings. The molecule has 0 radical (unpaired) electrons. The monoisotopic (exact) mass is 327 g/mol. The summed E-state index contributed by atoms with van der Waals surface area (Å²) in [4.78, 5) is 3.72. The maximum atomic E-state index is 8.80. The van der Waals surface area contributed by atoms with Crippen LogP contribution < -0.4 is 5.73 Å². The highest BCUT2D eigenvalue weighted by molar-refractivity contribution is 9.11. The van der Waals surface area contributed by atoms with E-state index in [1.54, 1.807) is 11.3 Å². The number of hydrogen-bond acceptors (Lipinski definition) is 4. The maximum Gasteiger partial charge on any atom is 0.0702 e. The molecule has 2 unspecified atom stereocenters. The quantitative estimate of drug-likeness (QED) is 0.872. The van der Waals surface area contributed by atoms with E-state index >= 15 is 0 Å². The van der Waals surface area contributed by atoms with Gasteiger partial charge in [-0.15, -0.1) is 11.3 Å². The Morgan fingerprint density at radius 1 is 1.61 bits per heavy atom. The lowest BCUT2D eigenvalue weighted by Crippen LogP contribution is -2.41. The Kier molecular flexibility index (Phi) is 4.79. The van der Waals surface area contributed by atoms with Crippen molar-refractivity contribution < 1.29 is 0 Å². The molecular formula is C13H18BrN3S. The van der Waals surface area contributed by atoms with Crippen molar-refractivity contribution in [1.82, 2.24) is 4.90 Å². The fourth-order valence-electron chi connectivity index (χ4n) is 2.35. The summed E-state index contributed by atoms with van der Waals surface area (Å²) in [7, 11) is 0. The van der Waals surface area contributed by atoms with Gasteiger partial charge in [0.25, 0.3) is 0 Å². The molecule has 1 aromatic heterocycles. The summed E-state index contributed by atoms with van der Waals surface area (Å²) < 4.78 is 1.14. The Labute approximate surface area is 121 Å². The van der Waals surface area contributed by atoms with Gasteiger partial charge >= 0.3 is 0 Å². The van der Waals surface area contributed by atoms with E-state index in [9.17, 15) is 0 Å². The van der Waals surface area contributed by atoms with E-state index in [1.807, 2.05) is 0 Å². The number of nitrogens with zero attached hydrogens (tertiary/aromatic N) is 2. The van der Waals surface area contributed by atoms with Crippen LogP contribution in [0.4, 0.5) is 0 Å². The Hall–Kier alpha value is -0.410. The van der Waals surface area contributed by atoms with Gasteiger partial charge in [-0.3, -0.25) is 4.90 Å². The van der Waals surface area contributed by atoms with E-state index in [1.165, 1.54) is 17.7 Å². The van der Waals surface area contributed by atoms with Gasteiger partial charge in [0.2, 0.25) is 0 Å². The van der Waals surface area contributed by atoms with Crippen LogP contribution in [0, 0.1) is 11.3 Å². The first-order valence-electron chi connectivity index (χ1n) is 6.27. The summed E-state index contributed by atoms with van der Waals surface area (Å²) in [5, 5.41) is 8.80. The molecule has 0 aliphatic heterocycles. The number of rotatable bonds is 6. The zero-order valence-electron chi connectivity index (χ0n) is 10.5. The lowest BCUT2D eigenvalue weighted by molar-refractivity contribution is 0.173. The van der Waals surface area contributed by atoms with E-state index in [2.05, 4.69) is 46.0 Å². The lowest BCUT2D eigenvalue weighted by Gasteiger charge is -2.33. The Morgan fingerprint density at radius 3 is 2.78 bits per heavy atom. The molecule has 0 saturated heterocycles. The van der Waals surface area contributed by atoms with Crippen molar-refractivity contribution in [2.75, 3.05) is 6.54 Å². The second-order valence-corrected chi connectivity index (χ2v) is 7.32. The molecule has 1 aliphatic carbocycles. The van der Waals surface area contributed by atoms with Gasteiger partial charge in [-0.2, -0.15) is 5.26 Å². The molecule has 1 saturated carbocycles. The molecule has 18 heavy (non-hydrogen) atoms. The van der Waals surface area contributed by atoms with E-state index in [0.29, 0.717) is 12.5 Å². The number of halogens is 1. The molecule has 1 aromatic rings. The highest BCUT2D eigenvalue weighted by atomic mass is 79.9. The van der Waals surface area contributed by atoms with Crippen molar-refractivity contribution in [1.29, 1.82) is 5.26 Å². The molecule has 98 valence electrons. The third-order valence-electron chi connectivity index (χ3n) is 3.24. The van der Waals surface area contributed by atoms with Crippen LogP contribution in [0.15, 0.2) is 15.9 Å². The third kappa shape index (κ3) is 3.33. The Bertz CT molecular complexity index is 434. The maximum absolute atomic E-state index is 8.80. The number of thiophene rings is 1. The van der Waals surface area contributed by atoms with Gasteiger partial charge in [0, 0.05) is 29.9 Å². The topological polar surface area (TPSA) is 53.0 Å². The predicted molar refractivity (Wildman–Crippen MR) is 78.4 cm³/mol. The van der Waals surface area contributed by atoms with Crippen molar-refractivity contribution in [3.05, 3.63) is 20.8 Å². The van der Waals surface area contributed by atoms with E-state index in [-0.39, 0.29) is 12.1 Å². The summed E-state index contributed by atoms with van der Waals surface area (Å²) in [6.07, 6.45) is 3.05. The smallest absolute Gasteiger partial charge is 0.0702 e. The highest BCUT2D eigenvalue weighted by Crippen LogP contribution is 2.39. The summed E-state index contributed by atoms with van der Waals surface area (Å²) in [5.74, 6) is 0. The Morgan fingerprint density at radius 2 is 2.33 bits per heavy atom. The van der Waals surface area contributed by atoms with E-state index in [0.717, 1.165) is 10.3 Å². The molecule has 3 nitrogen and oxygen atoms in total. The standard InChI is InChI=1S/C13H18BrN3S/c1-9(16)13(11-5-6-12(14)18-11)17(8-2-7-15)10-3-4-10/h5-6,9-10,13H,2-4,8,16H2,1H3. The Balaban J connectivity index is 2.19. The van der Waals surface area contributed by atoms with E-state index in [4.69, 9.17) is 11.0 Å². The number of nitriles is 1. The molecule has 2 atom stereocenters. The molecule has 5 heteroatoms. The lowest BCUT2D eigenvalue weighted by atomic mass is 10.1. The van der Waals surface area contributed by atoms with Crippen molar-refractivity contribution in [3.8, 4) is 6.07 Å². The van der Waals surface area contributed by atoms with Crippen molar-refractivity contribution in [2.45, 2.75) is 44.3 Å². The van der Waals surface area contributed by atoms with Crippen LogP contribution in [-0.4, -0.2) is 23.5 Å². The zero-order chi connectivity index (χ0) is 13.1. The molecule has 0 spiro atoms. The first kappa shape index (κ1) is 14.0.